The third-order valence-electron chi connectivity index (χ3n) is 5.15. The van der Waals surface area contributed by atoms with E-state index in [-0.39, 0.29) is 22.6 Å². The van der Waals surface area contributed by atoms with Crippen LogP contribution in [0.25, 0.3) is 0 Å². The maximum Gasteiger partial charge on any atom is 0.251 e. The number of nitrogens with one attached hydrogen (secondary N) is 2. The minimum atomic E-state index is -3.53. The monoisotopic (exact) mass is 409 g/mol. The van der Waals surface area contributed by atoms with Gasteiger partial charge in [0.15, 0.2) is 0 Å². The Balaban J connectivity index is 1.82. The lowest BCUT2D eigenvalue weighted by atomic mass is 9.89. The van der Waals surface area contributed by atoms with Crippen molar-refractivity contribution in [3.05, 3.63) is 29.8 Å². The number of benzene rings is 1. The molecule has 28 heavy (non-hydrogen) atoms. The van der Waals surface area contributed by atoms with Crippen molar-refractivity contribution in [2.45, 2.75) is 50.8 Å². The predicted octanol–water partition coefficient (Wildman–Crippen LogP) is 2.14. The van der Waals surface area contributed by atoms with Crippen molar-refractivity contribution >= 4 is 21.8 Å². The second-order valence-corrected chi connectivity index (χ2v) is 8.93. The lowest BCUT2D eigenvalue weighted by Gasteiger charge is -2.20. The molecule has 2 rings (SSSR count). The third kappa shape index (κ3) is 5.78. The highest BCUT2D eigenvalue weighted by molar-refractivity contribution is 7.89. The Morgan fingerprint density at radius 3 is 2.11 bits per heavy atom. The molecule has 0 spiro atoms. The van der Waals surface area contributed by atoms with E-state index in [4.69, 9.17) is 0 Å². The van der Waals surface area contributed by atoms with E-state index < -0.39 is 10.0 Å². The minimum Gasteiger partial charge on any atom is -0.354 e. The van der Waals surface area contributed by atoms with Crippen LogP contribution in [0.5, 0.6) is 0 Å². The zero-order valence-corrected chi connectivity index (χ0v) is 17.6. The summed E-state index contributed by atoms with van der Waals surface area (Å²) >= 11 is 0. The van der Waals surface area contributed by atoms with Crippen LogP contribution >= 0.6 is 0 Å². The molecular weight excluding hydrogens is 378 g/mol. The fourth-order valence-corrected chi connectivity index (χ4v) is 4.92. The van der Waals surface area contributed by atoms with Crippen molar-refractivity contribution in [1.29, 1.82) is 0 Å². The van der Waals surface area contributed by atoms with Gasteiger partial charge in [0.25, 0.3) is 5.91 Å². The summed E-state index contributed by atoms with van der Waals surface area (Å²) in [5, 5.41) is 5.62. The van der Waals surface area contributed by atoms with Crippen LogP contribution in [0, 0.1) is 5.92 Å². The summed E-state index contributed by atoms with van der Waals surface area (Å²) in [6, 6.07) is 5.92. The number of nitrogens with zero attached hydrogens (tertiary/aromatic N) is 1. The number of hydrogen-bond donors (Lipinski definition) is 2. The molecule has 2 amide bonds. The van der Waals surface area contributed by atoms with Crippen LogP contribution in [0.4, 0.5) is 0 Å². The van der Waals surface area contributed by atoms with Crippen molar-refractivity contribution in [2.75, 3.05) is 26.2 Å². The van der Waals surface area contributed by atoms with Gasteiger partial charge in [-0.1, -0.05) is 33.1 Å². The molecule has 0 aliphatic heterocycles. The van der Waals surface area contributed by atoms with Crippen LogP contribution in [0.1, 0.15) is 56.3 Å². The lowest BCUT2D eigenvalue weighted by Crippen LogP contribution is -2.38. The molecule has 1 aromatic rings. The average molecular weight is 410 g/mol. The second-order valence-electron chi connectivity index (χ2n) is 7.00. The maximum absolute atomic E-state index is 12.5. The van der Waals surface area contributed by atoms with E-state index in [1.807, 2.05) is 0 Å². The summed E-state index contributed by atoms with van der Waals surface area (Å²) in [4.78, 5) is 24.5. The fourth-order valence-electron chi connectivity index (χ4n) is 3.46. The predicted molar refractivity (Wildman–Crippen MR) is 108 cm³/mol. The van der Waals surface area contributed by atoms with Gasteiger partial charge in [0, 0.05) is 37.7 Å². The van der Waals surface area contributed by atoms with Gasteiger partial charge in [-0.15, -0.1) is 0 Å². The largest absolute Gasteiger partial charge is 0.354 e. The number of hydrogen-bond acceptors (Lipinski definition) is 4. The first-order valence-electron chi connectivity index (χ1n) is 10.1. The molecule has 1 fully saturated rings. The summed E-state index contributed by atoms with van der Waals surface area (Å²) in [6.07, 6.45) is 5.31. The van der Waals surface area contributed by atoms with Gasteiger partial charge in [0.05, 0.1) is 4.90 Å². The van der Waals surface area contributed by atoms with Gasteiger partial charge in [-0.05, 0) is 37.1 Å². The Bertz CT molecular complexity index is 752. The van der Waals surface area contributed by atoms with E-state index in [0.29, 0.717) is 31.7 Å². The van der Waals surface area contributed by atoms with Gasteiger partial charge >= 0.3 is 0 Å². The summed E-state index contributed by atoms with van der Waals surface area (Å²) in [6.45, 7) is 5.08. The van der Waals surface area contributed by atoms with Crippen molar-refractivity contribution in [1.82, 2.24) is 14.9 Å². The number of carbonyl (C=O) groups excluding carboxylic acids is 2. The van der Waals surface area contributed by atoms with Crippen LogP contribution in [-0.2, 0) is 14.8 Å². The van der Waals surface area contributed by atoms with E-state index in [9.17, 15) is 18.0 Å². The molecule has 156 valence electrons. The van der Waals surface area contributed by atoms with Crippen molar-refractivity contribution in [3.8, 4) is 0 Å². The Labute approximate surface area is 167 Å². The zero-order chi connectivity index (χ0) is 20.6. The molecule has 0 unspecified atom stereocenters. The first kappa shape index (κ1) is 22.4. The highest BCUT2D eigenvalue weighted by Gasteiger charge is 2.22. The topological polar surface area (TPSA) is 95.6 Å². The quantitative estimate of drug-likeness (QED) is 0.611. The Morgan fingerprint density at radius 1 is 0.964 bits per heavy atom. The molecule has 2 N–H and O–H groups in total. The van der Waals surface area contributed by atoms with Crippen LogP contribution in [0.15, 0.2) is 29.2 Å². The summed E-state index contributed by atoms with van der Waals surface area (Å²) < 4.78 is 26.3. The van der Waals surface area contributed by atoms with Gasteiger partial charge < -0.3 is 10.6 Å². The minimum absolute atomic E-state index is 0.0694. The molecule has 8 heteroatoms. The van der Waals surface area contributed by atoms with E-state index in [0.717, 1.165) is 25.7 Å². The second kappa shape index (κ2) is 10.6. The molecule has 0 aromatic heterocycles. The summed E-state index contributed by atoms with van der Waals surface area (Å²) in [5.41, 5.74) is 0.386. The SMILES string of the molecule is CCN(CC)S(=O)(=O)c1ccc(C(=O)NCCNC(=O)C2CCCCC2)cc1. The summed E-state index contributed by atoms with van der Waals surface area (Å²) in [7, 11) is -3.53. The van der Waals surface area contributed by atoms with Crippen LogP contribution in [0.3, 0.4) is 0 Å². The zero-order valence-electron chi connectivity index (χ0n) is 16.7. The Morgan fingerprint density at radius 2 is 1.54 bits per heavy atom. The summed E-state index contributed by atoms with van der Waals surface area (Å²) in [5.74, 6) is -0.122. The van der Waals surface area contributed by atoms with Crippen LogP contribution < -0.4 is 10.6 Å². The number of rotatable bonds is 9. The molecule has 1 aliphatic rings. The normalized spacial score (nSPS) is 15.4. The Kier molecular flexibility index (Phi) is 8.44. The van der Waals surface area contributed by atoms with E-state index in [2.05, 4.69) is 10.6 Å². The third-order valence-corrected chi connectivity index (χ3v) is 7.21. The molecule has 1 aliphatic carbocycles. The highest BCUT2D eigenvalue weighted by Crippen LogP contribution is 2.23. The number of sulfonamides is 1. The van der Waals surface area contributed by atoms with E-state index >= 15 is 0 Å². The molecule has 0 radical (unpaired) electrons. The molecule has 0 atom stereocenters. The van der Waals surface area contributed by atoms with Crippen molar-refractivity contribution in [2.24, 2.45) is 5.92 Å². The van der Waals surface area contributed by atoms with Crippen LogP contribution in [0.2, 0.25) is 0 Å². The van der Waals surface area contributed by atoms with Crippen molar-refractivity contribution < 1.29 is 18.0 Å². The van der Waals surface area contributed by atoms with Gasteiger partial charge in [-0.3, -0.25) is 9.59 Å². The highest BCUT2D eigenvalue weighted by atomic mass is 32.2. The molecule has 0 saturated heterocycles. The molecule has 1 saturated carbocycles. The first-order valence-corrected chi connectivity index (χ1v) is 11.5. The van der Waals surface area contributed by atoms with Gasteiger partial charge in [-0.2, -0.15) is 4.31 Å². The number of amides is 2. The van der Waals surface area contributed by atoms with Gasteiger partial charge in [0.2, 0.25) is 15.9 Å². The van der Waals surface area contributed by atoms with Crippen LogP contribution in [-0.4, -0.2) is 50.7 Å². The molecule has 1 aromatic carbocycles. The average Bonchev–Trinajstić information content (AvgIpc) is 2.72. The smallest absolute Gasteiger partial charge is 0.251 e. The van der Waals surface area contributed by atoms with E-state index in [1.54, 1.807) is 13.8 Å². The first-order chi connectivity index (χ1) is 13.4. The molecular formula is C20H31N3O4S. The van der Waals surface area contributed by atoms with Crippen molar-refractivity contribution in [3.63, 3.8) is 0 Å². The Hall–Kier alpha value is -1.93. The van der Waals surface area contributed by atoms with Gasteiger partial charge in [0.1, 0.15) is 0 Å². The van der Waals surface area contributed by atoms with E-state index in [1.165, 1.54) is 35.0 Å². The van der Waals surface area contributed by atoms with Gasteiger partial charge in [-0.25, -0.2) is 8.42 Å². The molecule has 7 nitrogen and oxygen atoms in total. The fraction of sp³-hybridized carbons (Fsp3) is 0.600. The standard InChI is InChI=1S/C20H31N3O4S/c1-3-23(4-2)28(26,27)18-12-10-17(11-13-18)20(25)22-15-14-21-19(24)16-8-6-5-7-9-16/h10-13,16H,3-9,14-15H2,1-2H3,(H,21,24)(H,22,25). The lowest BCUT2D eigenvalue weighted by molar-refractivity contribution is -0.125. The number of carbonyl (C=O) groups is 2. The molecule has 0 heterocycles. The maximum atomic E-state index is 12.5. The molecule has 0 bridgehead atoms.